The number of hydrogen-bond acceptors (Lipinski definition) is 1. The van der Waals surface area contributed by atoms with Crippen molar-refractivity contribution < 1.29 is 4.79 Å². The largest absolute Gasteiger partial charge is 0.289 e. The van der Waals surface area contributed by atoms with Crippen LogP contribution in [0.25, 0.3) is 0 Å². The van der Waals surface area contributed by atoms with Gasteiger partial charge in [-0.15, -0.1) is 0 Å². The van der Waals surface area contributed by atoms with Gasteiger partial charge in [0, 0.05) is 5.56 Å². The highest BCUT2D eigenvalue weighted by molar-refractivity contribution is 6.04. The van der Waals surface area contributed by atoms with E-state index in [9.17, 15) is 4.79 Å². The highest BCUT2D eigenvalue weighted by atomic mass is 16.1. The minimum atomic E-state index is 0.106. The first-order valence-corrected chi connectivity index (χ1v) is 5.57. The Morgan fingerprint density at radius 3 is 2.80 bits per heavy atom. The summed E-state index contributed by atoms with van der Waals surface area (Å²) >= 11 is 0. The zero-order valence-electron chi connectivity index (χ0n) is 9.49. The zero-order valence-corrected chi connectivity index (χ0v) is 9.49. The third-order valence-corrected chi connectivity index (χ3v) is 2.26. The Bertz CT molecular complexity index is 350. The fourth-order valence-electron chi connectivity index (χ4n) is 1.49. The molecule has 1 aromatic rings. The Morgan fingerprint density at radius 2 is 2.13 bits per heavy atom. The Balaban J connectivity index is 2.80. The van der Waals surface area contributed by atoms with Crippen LogP contribution in [-0.4, -0.2) is 5.78 Å². The number of benzene rings is 1. The Labute approximate surface area is 91.8 Å². The molecule has 1 heteroatoms. The summed E-state index contributed by atoms with van der Waals surface area (Å²) in [5.74, 6) is 0.106. The fraction of sp³-hybridized carbons (Fsp3) is 0.357. The highest BCUT2D eigenvalue weighted by Gasteiger charge is 2.01. The molecular weight excluding hydrogens is 184 g/mol. The van der Waals surface area contributed by atoms with E-state index >= 15 is 0 Å². The highest BCUT2D eigenvalue weighted by Crippen LogP contribution is 2.08. The normalized spacial score (nSPS) is 10.8. The van der Waals surface area contributed by atoms with Crippen molar-refractivity contribution in [3.63, 3.8) is 0 Å². The lowest BCUT2D eigenvalue weighted by atomic mass is 10.0. The Kier molecular flexibility index (Phi) is 4.82. The predicted molar refractivity (Wildman–Crippen MR) is 64.2 cm³/mol. The molecule has 0 saturated heterocycles. The van der Waals surface area contributed by atoms with Gasteiger partial charge in [0.15, 0.2) is 5.78 Å². The summed E-state index contributed by atoms with van der Waals surface area (Å²) in [5.41, 5.74) is 2.04. The van der Waals surface area contributed by atoms with Crippen LogP contribution in [-0.2, 0) is 6.42 Å². The van der Waals surface area contributed by atoms with Gasteiger partial charge in [-0.25, -0.2) is 0 Å². The van der Waals surface area contributed by atoms with Crippen LogP contribution in [0.4, 0.5) is 0 Å². The molecule has 0 bridgehead atoms. The second-order valence-electron chi connectivity index (χ2n) is 3.63. The number of carbonyl (C=O) groups excluding carboxylic acids is 1. The van der Waals surface area contributed by atoms with E-state index in [2.05, 4.69) is 13.0 Å². The molecule has 0 unspecified atom stereocenters. The standard InChI is InChI=1S/C14H18O/c1-3-5-10-14(15)13-9-6-8-12(11-13)7-4-2/h5-6,8-11H,3-4,7H2,1-2H3/b10-5+. The van der Waals surface area contributed by atoms with Crippen molar-refractivity contribution in [2.45, 2.75) is 33.1 Å². The molecule has 0 spiro atoms. The molecule has 0 aliphatic rings. The van der Waals surface area contributed by atoms with Gasteiger partial charge < -0.3 is 0 Å². The molecular formula is C14H18O. The first kappa shape index (κ1) is 11.7. The van der Waals surface area contributed by atoms with Crippen molar-refractivity contribution in [2.24, 2.45) is 0 Å². The minimum Gasteiger partial charge on any atom is -0.289 e. The molecule has 1 aromatic carbocycles. The maximum Gasteiger partial charge on any atom is 0.185 e. The fourth-order valence-corrected chi connectivity index (χ4v) is 1.49. The molecule has 0 aliphatic heterocycles. The molecule has 1 rings (SSSR count). The van der Waals surface area contributed by atoms with Crippen LogP contribution in [0, 0.1) is 0 Å². The molecule has 0 saturated carbocycles. The average Bonchev–Trinajstić information content (AvgIpc) is 2.27. The summed E-state index contributed by atoms with van der Waals surface area (Å²) in [6.07, 6.45) is 6.61. The molecule has 0 radical (unpaired) electrons. The lowest BCUT2D eigenvalue weighted by Crippen LogP contribution is -1.95. The molecule has 1 nitrogen and oxygen atoms in total. The molecule has 0 N–H and O–H groups in total. The van der Waals surface area contributed by atoms with Gasteiger partial charge in [0.25, 0.3) is 0 Å². The summed E-state index contributed by atoms with van der Waals surface area (Å²) in [4.78, 5) is 11.7. The molecule has 0 aromatic heterocycles. The lowest BCUT2D eigenvalue weighted by Gasteiger charge is -2.00. The van der Waals surface area contributed by atoms with Crippen LogP contribution in [0.1, 0.15) is 42.6 Å². The number of allylic oxidation sites excluding steroid dienone is 2. The molecule has 0 aliphatic carbocycles. The van der Waals surface area contributed by atoms with E-state index < -0.39 is 0 Å². The lowest BCUT2D eigenvalue weighted by molar-refractivity contribution is 0.104. The maximum atomic E-state index is 11.7. The number of rotatable bonds is 5. The van der Waals surface area contributed by atoms with E-state index in [-0.39, 0.29) is 5.78 Å². The molecule has 15 heavy (non-hydrogen) atoms. The van der Waals surface area contributed by atoms with Gasteiger partial charge in [0.05, 0.1) is 0 Å². The summed E-state index contributed by atoms with van der Waals surface area (Å²) in [7, 11) is 0. The second kappa shape index (κ2) is 6.18. The third kappa shape index (κ3) is 3.70. The van der Waals surface area contributed by atoms with Gasteiger partial charge >= 0.3 is 0 Å². The molecule has 0 heterocycles. The monoisotopic (exact) mass is 202 g/mol. The van der Waals surface area contributed by atoms with Crippen LogP contribution in [0.2, 0.25) is 0 Å². The van der Waals surface area contributed by atoms with Gasteiger partial charge in [-0.3, -0.25) is 4.79 Å². The third-order valence-electron chi connectivity index (χ3n) is 2.26. The van der Waals surface area contributed by atoms with Gasteiger partial charge in [-0.1, -0.05) is 44.5 Å². The Morgan fingerprint density at radius 1 is 1.33 bits per heavy atom. The van der Waals surface area contributed by atoms with Crippen LogP contribution >= 0.6 is 0 Å². The van der Waals surface area contributed by atoms with Crippen molar-refractivity contribution in [3.8, 4) is 0 Å². The molecule has 80 valence electrons. The SMILES string of the molecule is CC/C=C/C(=O)c1cccc(CCC)c1. The number of carbonyl (C=O) groups is 1. The van der Waals surface area contributed by atoms with E-state index in [0.29, 0.717) is 0 Å². The first-order chi connectivity index (χ1) is 7.27. The van der Waals surface area contributed by atoms with Crippen molar-refractivity contribution in [3.05, 3.63) is 47.5 Å². The van der Waals surface area contributed by atoms with Crippen LogP contribution in [0.5, 0.6) is 0 Å². The quantitative estimate of drug-likeness (QED) is 0.524. The average molecular weight is 202 g/mol. The maximum absolute atomic E-state index is 11.7. The topological polar surface area (TPSA) is 17.1 Å². The number of aryl methyl sites for hydroxylation is 1. The number of hydrogen-bond donors (Lipinski definition) is 0. The summed E-state index contributed by atoms with van der Waals surface area (Å²) in [6.45, 7) is 4.17. The first-order valence-electron chi connectivity index (χ1n) is 5.57. The molecule has 0 amide bonds. The second-order valence-corrected chi connectivity index (χ2v) is 3.63. The zero-order chi connectivity index (χ0) is 11.1. The van der Waals surface area contributed by atoms with Crippen molar-refractivity contribution in [1.82, 2.24) is 0 Å². The van der Waals surface area contributed by atoms with Crippen molar-refractivity contribution in [1.29, 1.82) is 0 Å². The van der Waals surface area contributed by atoms with E-state index in [1.165, 1.54) is 5.56 Å². The summed E-state index contributed by atoms with van der Waals surface area (Å²) in [6, 6.07) is 7.90. The van der Waals surface area contributed by atoms with Crippen LogP contribution in [0.15, 0.2) is 36.4 Å². The van der Waals surface area contributed by atoms with Crippen LogP contribution < -0.4 is 0 Å². The number of ketones is 1. The van der Waals surface area contributed by atoms with Crippen LogP contribution in [0.3, 0.4) is 0 Å². The van der Waals surface area contributed by atoms with Gasteiger partial charge in [0.1, 0.15) is 0 Å². The molecule has 0 atom stereocenters. The minimum absolute atomic E-state index is 0.106. The van der Waals surface area contributed by atoms with E-state index in [0.717, 1.165) is 24.8 Å². The van der Waals surface area contributed by atoms with E-state index in [1.54, 1.807) is 6.08 Å². The smallest absolute Gasteiger partial charge is 0.185 e. The van der Waals surface area contributed by atoms with Crippen molar-refractivity contribution in [2.75, 3.05) is 0 Å². The van der Waals surface area contributed by atoms with Gasteiger partial charge in [-0.2, -0.15) is 0 Å². The predicted octanol–water partition coefficient (Wildman–Crippen LogP) is 3.79. The Hall–Kier alpha value is -1.37. The van der Waals surface area contributed by atoms with Gasteiger partial charge in [0.2, 0.25) is 0 Å². The summed E-state index contributed by atoms with van der Waals surface area (Å²) in [5, 5.41) is 0. The van der Waals surface area contributed by atoms with Crippen molar-refractivity contribution >= 4 is 5.78 Å². The van der Waals surface area contributed by atoms with Gasteiger partial charge in [-0.05, 0) is 30.5 Å². The van der Waals surface area contributed by atoms with E-state index in [4.69, 9.17) is 0 Å². The van der Waals surface area contributed by atoms with E-state index in [1.807, 2.05) is 31.2 Å². The molecule has 0 fully saturated rings. The summed E-state index contributed by atoms with van der Waals surface area (Å²) < 4.78 is 0.